The molecular weight excluding hydrogens is 865 g/mol. The van der Waals surface area contributed by atoms with Gasteiger partial charge in [0.2, 0.25) is 11.9 Å². The molecule has 6 aromatic carbocycles. The van der Waals surface area contributed by atoms with Crippen molar-refractivity contribution in [3.8, 4) is 47.0 Å². The van der Waals surface area contributed by atoms with Crippen LogP contribution in [-0.2, 0) is 20.2 Å². The number of benzene rings is 6. The van der Waals surface area contributed by atoms with Gasteiger partial charge in [-0.1, -0.05) is 97.1 Å². The number of ether oxygens (including phenoxy) is 4. The van der Waals surface area contributed by atoms with Crippen LogP contribution in [0.25, 0.3) is 12.2 Å². The predicted octanol–water partition coefficient (Wildman–Crippen LogP) is 9.38. The zero-order valence-corrected chi connectivity index (χ0v) is 34.5. The van der Waals surface area contributed by atoms with Gasteiger partial charge >= 0.3 is 24.0 Å². The molecule has 64 heavy (non-hydrogen) atoms. The van der Waals surface area contributed by atoms with Crippen LogP contribution in [0.15, 0.2) is 168 Å². The first-order chi connectivity index (χ1) is 30.9. The number of hydrogen-bond acceptors (Lipinski definition) is 16. The van der Waals surface area contributed by atoms with Crippen LogP contribution < -0.4 is 29.6 Å². The Hall–Kier alpha value is -8.30. The highest BCUT2D eigenvalue weighted by molar-refractivity contribution is 7.86. The standard InChI is InChI=1S/C44H32N8O10S2/c53-63(54,55)37-27-31(45-39-47-41(59-33-13-5-1-6-14-33)51-42(48-39)60-34-15-7-2-8-16-34)25-23-29(37)21-22-30-24-26-32(28-38(30)64(56,57)58)46-40-49-43(61-35-17-9-3-10-18-35)52-44(50-40)62-36-19-11-4-12-20-36/h1-28H,(H,53,54,55)(H,56,57,58)(H,45,47,48,51)(H,46,49,50,52). The maximum absolute atomic E-state index is 12.7. The van der Waals surface area contributed by atoms with E-state index in [1.54, 1.807) is 97.1 Å². The van der Waals surface area contributed by atoms with Crippen LogP contribution >= 0.6 is 0 Å². The molecule has 8 aromatic rings. The van der Waals surface area contributed by atoms with E-state index in [4.69, 9.17) is 18.9 Å². The summed E-state index contributed by atoms with van der Waals surface area (Å²) in [5, 5.41) is 5.77. The zero-order chi connectivity index (χ0) is 44.5. The summed E-state index contributed by atoms with van der Waals surface area (Å²) in [7, 11) is -9.78. The first-order valence-corrected chi connectivity index (χ1v) is 21.7. The van der Waals surface area contributed by atoms with Gasteiger partial charge in [-0.3, -0.25) is 9.11 Å². The fraction of sp³-hybridized carbons (Fsp3) is 0. The molecule has 8 rings (SSSR count). The Morgan fingerprint density at radius 3 is 0.938 bits per heavy atom. The smallest absolute Gasteiger partial charge is 0.330 e. The second kappa shape index (κ2) is 18.8. The van der Waals surface area contributed by atoms with Gasteiger partial charge in [0.15, 0.2) is 0 Å². The van der Waals surface area contributed by atoms with E-state index in [1.165, 1.54) is 36.4 Å². The third kappa shape index (κ3) is 11.3. The summed E-state index contributed by atoms with van der Waals surface area (Å²) in [6.07, 6.45) is 2.49. The minimum atomic E-state index is -4.89. The molecule has 320 valence electrons. The molecular formula is C44H32N8O10S2. The van der Waals surface area contributed by atoms with Crippen molar-refractivity contribution in [2.24, 2.45) is 0 Å². The van der Waals surface area contributed by atoms with Crippen LogP contribution in [0, 0.1) is 0 Å². The van der Waals surface area contributed by atoms with E-state index < -0.39 is 30.0 Å². The van der Waals surface area contributed by atoms with Crippen molar-refractivity contribution < 1.29 is 44.9 Å². The fourth-order valence-electron chi connectivity index (χ4n) is 5.73. The topological polar surface area (TPSA) is 247 Å². The summed E-state index contributed by atoms with van der Waals surface area (Å²) < 4.78 is 94.7. The van der Waals surface area contributed by atoms with Crippen LogP contribution in [0.4, 0.5) is 23.3 Å². The van der Waals surface area contributed by atoms with Crippen LogP contribution in [0.2, 0.25) is 0 Å². The van der Waals surface area contributed by atoms with E-state index >= 15 is 0 Å². The van der Waals surface area contributed by atoms with Crippen molar-refractivity contribution in [1.82, 2.24) is 29.9 Å². The molecule has 18 nitrogen and oxygen atoms in total. The Morgan fingerprint density at radius 2 is 0.672 bits per heavy atom. The lowest BCUT2D eigenvalue weighted by molar-refractivity contribution is 0.398. The molecule has 0 fully saturated rings. The highest BCUT2D eigenvalue weighted by Gasteiger charge is 2.20. The second-order valence-corrected chi connectivity index (χ2v) is 15.9. The number of aromatic nitrogens is 6. The van der Waals surface area contributed by atoms with Gasteiger partial charge in [-0.15, -0.1) is 9.97 Å². The van der Waals surface area contributed by atoms with Crippen LogP contribution in [0.1, 0.15) is 11.1 Å². The molecule has 0 amide bonds. The molecule has 0 bridgehead atoms. The molecule has 20 heteroatoms. The van der Waals surface area contributed by atoms with Gasteiger partial charge in [-0.25, -0.2) is 0 Å². The van der Waals surface area contributed by atoms with Gasteiger partial charge in [0.25, 0.3) is 20.2 Å². The van der Waals surface area contributed by atoms with Crippen molar-refractivity contribution >= 4 is 55.7 Å². The third-order valence-corrected chi connectivity index (χ3v) is 10.4. The summed E-state index contributed by atoms with van der Waals surface area (Å²) in [6.45, 7) is 0. The number of rotatable bonds is 16. The van der Waals surface area contributed by atoms with Crippen molar-refractivity contribution in [1.29, 1.82) is 0 Å². The number of nitrogens with one attached hydrogen (secondary N) is 2. The first-order valence-electron chi connectivity index (χ1n) is 18.8. The minimum Gasteiger partial charge on any atom is -0.424 e. The molecule has 0 aliphatic rings. The van der Waals surface area contributed by atoms with E-state index in [-0.39, 0.29) is 58.4 Å². The second-order valence-electron chi connectivity index (χ2n) is 13.1. The minimum absolute atomic E-state index is 0.0459. The summed E-state index contributed by atoms with van der Waals surface area (Å²) in [5.74, 6) is 1.50. The molecule has 4 N–H and O–H groups in total. The molecule has 0 radical (unpaired) electrons. The van der Waals surface area contributed by atoms with E-state index in [1.807, 2.05) is 24.3 Å². The average Bonchev–Trinajstić information content (AvgIpc) is 3.27. The normalized spacial score (nSPS) is 11.5. The number of hydrogen-bond donors (Lipinski definition) is 4. The lowest BCUT2D eigenvalue weighted by Crippen LogP contribution is -2.06. The quantitative estimate of drug-likeness (QED) is 0.0521. The Balaban J connectivity index is 1.07. The maximum Gasteiger partial charge on any atom is 0.330 e. The van der Waals surface area contributed by atoms with E-state index in [0.29, 0.717) is 23.0 Å². The largest absolute Gasteiger partial charge is 0.424 e. The van der Waals surface area contributed by atoms with E-state index in [2.05, 4.69) is 40.5 Å². The molecule has 0 aliphatic heterocycles. The Labute approximate surface area is 365 Å². The third-order valence-electron chi connectivity index (χ3n) is 8.54. The van der Waals surface area contributed by atoms with Crippen molar-refractivity contribution in [2.75, 3.05) is 10.6 Å². The highest BCUT2D eigenvalue weighted by atomic mass is 32.2. The molecule has 0 aliphatic carbocycles. The summed E-state index contributed by atoms with van der Waals surface area (Å²) >= 11 is 0. The lowest BCUT2D eigenvalue weighted by atomic mass is 10.1. The molecule has 0 unspecified atom stereocenters. The maximum atomic E-state index is 12.7. The SMILES string of the molecule is O=S(=O)(O)c1cc(Nc2nc(Oc3ccccc3)nc(Oc3ccccc3)n2)ccc1C=Cc1ccc(Nc2nc(Oc3ccccc3)nc(Oc3ccccc3)n2)cc1S(=O)(=O)O. The van der Waals surface area contributed by atoms with Gasteiger partial charge in [-0.2, -0.15) is 36.8 Å². The van der Waals surface area contributed by atoms with E-state index in [0.717, 1.165) is 12.1 Å². The van der Waals surface area contributed by atoms with Gasteiger partial charge in [0, 0.05) is 11.4 Å². The Kier molecular flexibility index (Phi) is 12.4. The van der Waals surface area contributed by atoms with Crippen LogP contribution in [0.5, 0.6) is 47.0 Å². The molecule has 0 spiro atoms. The summed E-state index contributed by atoms with van der Waals surface area (Å²) in [4.78, 5) is 24.5. The monoisotopic (exact) mass is 896 g/mol. The zero-order valence-electron chi connectivity index (χ0n) is 32.8. The van der Waals surface area contributed by atoms with Gasteiger partial charge in [0.05, 0.1) is 0 Å². The summed E-state index contributed by atoms with van der Waals surface area (Å²) in [6, 6.07) is 42.1. The fourth-order valence-corrected chi connectivity index (χ4v) is 7.15. The van der Waals surface area contributed by atoms with Gasteiger partial charge < -0.3 is 29.6 Å². The number of nitrogens with zero attached hydrogens (tertiary/aromatic N) is 6. The average molecular weight is 897 g/mol. The van der Waals surface area contributed by atoms with Crippen molar-refractivity contribution in [2.45, 2.75) is 9.79 Å². The molecule has 0 saturated carbocycles. The van der Waals surface area contributed by atoms with Crippen molar-refractivity contribution in [3.63, 3.8) is 0 Å². The molecule has 0 atom stereocenters. The van der Waals surface area contributed by atoms with Crippen LogP contribution in [-0.4, -0.2) is 55.8 Å². The Morgan fingerprint density at radius 1 is 0.391 bits per heavy atom. The van der Waals surface area contributed by atoms with Gasteiger partial charge in [-0.05, 0) is 83.9 Å². The lowest BCUT2D eigenvalue weighted by Gasteiger charge is -2.12. The summed E-state index contributed by atoms with van der Waals surface area (Å²) in [5.41, 5.74) is 0.148. The Bertz CT molecular complexity index is 2840. The van der Waals surface area contributed by atoms with Crippen molar-refractivity contribution in [3.05, 3.63) is 169 Å². The molecule has 2 heterocycles. The number of anilines is 4. The number of para-hydroxylation sites is 4. The first kappa shape index (κ1) is 42.4. The highest BCUT2D eigenvalue weighted by Crippen LogP contribution is 2.31. The predicted molar refractivity (Wildman–Crippen MR) is 234 cm³/mol. The van der Waals surface area contributed by atoms with Crippen LogP contribution in [0.3, 0.4) is 0 Å². The molecule has 2 aromatic heterocycles. The van der Waals surface area contributed by atoms with E-state index in [9.17, 15) is 25.9 Å². The molecule has 0 saturated heterocycles. The van der Waals surface area contributed by atoms with Gasteiger partial charge in [0.1, 0.15) is 32.8 Å².